The minimum atomic E-state index is -4.53. The highest BCUT2D eigenvalue weighted by molar-refractivity contribution is 7.91. The molecule has 0 radical (unpaired) electrons. The predicted octanol–water partition coefficient (Wildman–Crippen LogP) is 2.34. The molecular weight excluding hydrogens is 353 g/mol. The molecule has 3 N–H and O–H groups in total. The number of amides is 1. The molecule has 10 heteroatoms. The van der Waals surface area contributed by atoms with Crippen molar-refractivity contribution < 1.29 is 26.4 Å². The van der Waals surface area contributed by atoms with Crippen LogP contribution < -0.4 is 10.5 Å². The molecule has 0 aliphatic carbocycles. The maximum Gasteiger partial charge on any atom is 0.416 e. The second kappa shape index (κ2) is 6.30. The van der Waals surface area contributed by atoms with Crippen LogP contribution in [0.25, 0.3) is 0 Å². The Morgan fingerprint density at radius 1 is 1.22 bits per heavy atom. The van der Waals surface area contributed by atoms with E-state index in [1.807, 2.05) is 0 Å². The van der Waals surface area contributed by atoms with E-state index in [1.165, 1.54) is 18.2 Å². The Morgan fingerprint density at radius 3 is 2.48 bits per heavy atom. The van der Waals surface area contributed by atoms with Crippen LogP contribution in [0.2, 0.25) is 0 Å². The summed E-state index contributed by atoms with van der Waals surface area (Å²) >= 11 is 0.877. The van der Waals surface area contributed by atoms with Crippen LogP contribution in [0.3, 0.4) is 0 Å². The molecule has 0 unspecified atom stereocenters. The highest BCUT2D eigenvalue weighted by Crippen LogP contribution is 2.29. The highest BCUT2D eigenvalue weighted by Gasteiger charge is 2.30. The highest BCUT2D eigenvalue weighted by atomic mass is 32.2. The zero-order valence-electron chi connectivity index (χ0n) is 11.4. The van der Waals surface area contributed by atoms with Crippen LogP contribution in [0, 0.1) is 0 Å². The minimum Gasteiger partial charge on any atom is -0.347 e. The molecule has 0 atom stereocenters. The molecule has 2 aromatic rings. The number of benzene rings is 1. The summed E-state index contributed by atoms with van der Waals surface area (Å²) in [7, 11) is -3.81. The molecule has 0 bridgehead atoms. The molecule has 2 rings (SSSR count). The van der Waals surface area contributed by atoms with E-state index in [2.05, 4.69) is 5.32 Å². The van der Waals surface area contributed by atoms with Gasteiger partial charge in [0.1, 0.15) is 4.21 Å². The standard InChI is InChI=1S/C13H11F3N2O3S2/c14-13(15,16)9-3-1-2-8(6-9)12(19)18-7-10-4-5-11(22-10)23(17,20)21/h1-6H,7H2,(H,18,19)(H2,17,20,21). The van der Waals surface area contributed by atoms with Gasteiger partial charge >= 0.3 is 6.18 Å². The summed E-state index contributed by atoms with van der Waals surface area (Å²) in [6.45, 7) is -0.0186. The number of rotatable bonds is 4. The van der Waals surface area contributed by atoms with Crippen molar-refractivity contribution in [3.05, 3.63) is 52.4 Å². The van der Waals surface area contributed by atoms with Gasteiger partial charge in [0.05, 0.1) is 12.1 Å². The summed E-state index contributed by atoms with van der Waals surface area (Å²) < 4.78 is 60.0. The van der Waals surface area contributed by atoms with Crippen LogP contribution in [-0.4, -0.2) is 14.3 Å². The lowest BCUT2D eigenvalue weighted by molar-refractivity contribution is -0.137. The van der Waals surface area contributed by atoms with E-state index in [4.69, 9.17) is 5.14 Å². The van der Waals surface area contributed by atoms with Gasteiger partial charge in [-0.3, -0.25) is 4.79 Å². The lowest BCUT2D eigenvalue weighted by Gasteiger charge is -2.08. The molecule has 0 spiro atoms. The first-order valence-electron chi connectivity index (χ1n) is 6.14. The van der Waals surface area contributed by atoms with E-state index in [1.54, 1.807) is 0 Å². The van der Waals surface area contributed by atoms with E-state index in [0.717, 1.165) is 29.5 Å². The van der Waals surface area contributed by atoms with E-state index in [-0.39, 0.29) is 16.3 Å². The third-order valence-corrected chi connectivity index (χ3v) is 5.32. The lowest BCUT2D eigenvalue weighted by atomic mass is 10.1. The van der Waals surface area contributed by atoms with Crippen LogP contribution in [0.5, 0.6) is 0 Å². The molecule has 0 fully saturated rings. The average Bonchev–Trinajstić information content (AvgIpc) is 2.93. The molecular formula is C13H11F3N2O3S2. The Morgan fingerprint density at radius 2 is 1.91 bits per heavy atom. The van der Waals surface area contributed by atoms with E-state index in [9.17, 15) is 26.4 Å². The van der Waals surface area contributed by atoms with Crippen molar-refractivity contribution in [3.63, 3.8) is 0 Å². The number of carbonyl (C=O) groups excluding carboxylic acids is 1. The van der Waals surface area contributed by atoms with Gasteiger partial charge in [-0.1, -0.05) is 6.07 Å². The van der Waals surface area contributed by atoms with Gasteiger partial charge in [0.2, 0.25) is 10.0 Å². The second-order valence-corrected chi connectivity index (χ2v) is 7.48. The maximum atomic E-state index is 12.6. The van der Waals surface area contributed by atoms with Crippen molar-refractivity contribution in [1.29, 1.82) is 0 Å². The first-order chi connectivity index (χ1) is 10.6. The van der Waals surface area contributed by atoms with Crippen LogP contribution in [0.4, 0.5) is 13.2 Å². The SMILES string of the molecule is NS(=O)(=O)c1ccc(CNC(=O)c2cccc(C(F)(F)F)c2)s1. The van der Waals surface area contributed by atoms with Crippen LogP contribution >= 0.6 is 11.3 Å². The summed E-state index contributed by atoms with van der Waals surface area (Å²) in [6, 6.07) is 6.79. The van der Waals surface area contributed by atoms with Gasteiger partial charge in [-0.2, -0.15) is 13.2 Å². The number of hydrogen-bond donors (Lipinski definition) is 2. The number of thiophene rings is 1. The number of alkyl halides is 3. The quantitative estimate of drug-likeness (QED) is 0.873. The summed E-state index contributed by atoms with van der Waals surface area (Å²) in [6.07, 6.45) is -4.53. The minimum absolute atomic E-state index is 0.0186. The molecule has 0 aliphatic rings. The molecule has 0 saturated carbocycles. The average molecular weight is 364 g/mol. The fourth-order valence-corrected chi connectivity index (χ4v) is 3.43. The number of halogens is 3. The van der Waals surface area contributed by atoms with Gasteiger partial charge < -0.3 is 5.32 Å². The van der Waals surface area contributed by atoms with Crippen molar-refractivity contribution >= 4 is 27.3 Å². The monoisotopic (exact) mass is 364 g/mol. The number of carbonyl (C=O) groups is 1. The molecule has 0 aliphatic heterocycles. The molecule has 124 valence electrons. The van der Waals surface area contributed by atoms with Crippen molar-refractivity contribution in [3.8, 4) is 0 Å². The van der Waals surface area contributed by atoms with E-state index in [0.29, 0.717) is 4.88 Å². The molecule has 1 amide bonds. The van der Waals surface area contributed by atoms with Gasteiger partial charge in [-0.25, -0.2) is 13.6 Å². The zero-order valence-corrected chi connectivity index (χ0v) is 13.1. The van der Waals surface area contributed by atoms with Crippen molar-refractivity contribution in [1.82, 2.24) is 5.32 Å². The van der Waals surface area contributed by atoms with Gasteiger partial charge in [-0.05, 0) is 30.3 Å². The summed E-state index contributed by atoms with van der Waals surface area (Å²) in [4.78, 5) is 12.4. The number of hydrogen-bond acceptors (Lipinski definition) is 4. The molecule has 1 aromatic heterocycles. The first-order valence-corrected chi connectivity index (χ1v) is 8.50. The Balaban J connectivity index is 2.07. The molecule has 23 heavy (non-hydrogen) atoms. The zero-order chi connectivity index (χ0) is 17.3. The molecule has 5 nitrogen and oxygen atoms in total. The Bertz CT molecular complexity index is 829. The van der Waals surface area contributed by atoms with E-state index < -0.39 is 27.7 Å². The number of sulfonamides is 1. The third kappa shape index (κ3) is 4.53. The fourth-order valence-electron chi connectivity index (χ4n) is 1.71. The predicted molar refractivity (Wildman–Crippen MR) is 78.3 cm³/mol. The second-order valence-electron chi connectivity index (χ2n) is 4.53. The van der Waals surface area contributed by atoms with Gasteiger partial charge in [0, 0.05) is 10.4 Å². The normalized spacial score (nSPS) is 12.2. The van der Waals surface area contributed by atoms with Crippen LogP contribution in [0.15, 0.2) is 40.6 Å². The van der Waals surface area contributed by atoms with Gasteiger partial charge in [-0.15, -0.1) is 11.3 Å². The van der Waals surface area contributed by atoms with Crippen LogP contribution in [0.1, 0.15) is 20.8 Å². The number of nitrogens with two attached hydrogens (primary N) is 1. The van der Waals surface area contributed by atoms with Crippen molar-refractivity contribution in [2.45, 2.75) is 16.9 Å². The lowest BCUT2D eigenvalue weighted by Crippen LogP contribution is -2.22. The van der Waals surface area contributed by atoms with Gasteiger partial charge in [0.25, 0.3) is 5.91 Å². The molecule has 0 saturated heterocycles. The number of nitrogens with one attached hydrogen (secondary N) is 1. The Hall–Kier alpha value is -1.91. The number of primary sulfonamides is 1. The summed E-state index contributed by atoms with van der Waals surface area (Å²) in [5.74, 6) is -0.693. The summed E-state index contributed by atoms with van der Waals surface area (Å²) in [5.41, 5.74) is -1.05. The molecule has 1 aromatic carbocycles. The fraction of sp³-hybridized carbons (Fsp3) is 0.154. The van der Waals surface area contributed by atoms with E-state index >= 15 is 0 Å². The third-order valence-electron chi connectivity index (χ3n) is 2.79. The Kier molecular flexibility index (Phi) is 4.78. The molecule has 1 heterocycles. The van der Waals surface area contributed by atoms with Crippen molar-refractivity contribution in [2.75, 3.05) is 0 Å². The maximum absolute atomic E-state index is 12.6. The van der Waals surface area contributed by atoms with Gasteiger partial charge in [0.15, 0.2) is 0 Å². The topological polar surface area (TPSA) is 89.3 Å². The Labute approximate surface area is 134 Å². The van der Waals surface area contributed by atoms with Crippen LogP contribution in [-0.2, 0) is 22.7 Å². The van der Waals surface area contributed by atoms with Crippen molar-refractivity contribution in [2.24, 2.45) is 5.14 Å². The largest absolute Gasteiger partial charge is 0.416 e. The summed E-state index contributed by atoms with van der Waals surface area (Å²) in [5, 5.41) is 7.39. The first kappa shape index (κ1) is 17.4. The smallest absolute Gasteiger partial charge is 0.347 e.